The molecule has 7 heteroatoms. The summed E-state index contributed by atoms with van der Waals surface area (Å²) in [5, 5.41) is 5.19. The third-order valence-corrected chi connectivity index (χ3v) is 2.94. The van der Waals surface area contributed by atoms with E-state index in [9.17, 15) is 9.59 Å². The zero-order chi connectivity index (χ0) is 16.0. The summed E-state index contributed by atoms with van der Waals surface area (Å²) in [5.41, 5.74) is 6.55. The molecule has 0 aliphatic rings. The average molecular weight is 314 g/mol. The summed E-state index contributed by atoms with van der Waals surface area (Å²) in [6.45, 7) is 5.53. The Kier molecular flexibility index (Phi) is 6.45. The van der Waals surface area contributed by atoms with Gasteiger partial charge in [0.1, 0.15) is 5.75 Å². The van der Waals surface area contributed by atoms with Crippen LogP contribution in [-0.2, 0) is 4.79 Å². The van der Waals surface area contributed by atoms with E-state index in [1.54, 1.807) is 39.0 Å². The maximum absolute atomic E-state index is 11.8. The highest BCUT2D eigenvalue weighted by Gasteiger charge is 2.19. The van der Waals surface area contributed by atoms with E-state index in [0.717, 1.165) is 0 Å². The average Bonchev–Trinajstić information content (AvgIpc) is 2.40. The number of carbonyl (C=O) groups is 2. The van der Waals surface area contributed by atoms with E-state index in [1.165, 1.54) is 0 Å². The number of nitrogens with one attached hydrogen (secondary N) is 2. The molecule has 6 nitrogen and oxygen atoms in total. The van der Waals surface area contributed by atoms with E-state index in [1.807, 2.05) is 0 Å². The number of nitrogens with two attached hydrogens (primary N) is 1. The minimum Gasteiger partial charge on any atom is -0.481 e. The Morgan fingerprint density at radius 3 is 2.62 bits per heavy atom. The molecule has 0 bridgehead atoms. The van der Waals surface area contributed by atoms with Crippen molar-refractivity contribution in [3.05, 3.63) is 28.8 Å². The number of amides is 3. The van der Waals surface area contributed by atoms with Crippen LogP contribution < -0.4 is 21.1 Å². The normalized spacial score (nSPS) is 13.2. The first-order valence-electron chi connectivity index (χ1n) is 6.65. The van der Waals surface area contributed by atoms with Crippen LogP contribution in [0.1, 0.15) is 32.4 Å². The second kappa shape index (κ2) is 7.85. The maximum Gasteiger partial charge on any atom is 0.321 e. The first-order chi connectivity index (χ1) is 9.85. The monoisotopic (exact) mass is 313 g/mol. The van der Waals surface area contributed by atoms with Crippen molar-refractivity contribution in [3.63, 3.8) is 0 Å². The molecule has 1 aromatic carbocycles. The minimum atomic E-state index is -0.841. The van der Waals surface area contributed by atoms with Gasteiger partial charge in [0.05, 0.1) is 0 Å². The number of benzene rings is 1. The lowest BCUT2D eigenvalue weighted by atomic mass is 10.1. The van der Waals surface area contributed by atoms with E-state index in [2.05, 4.69) is 10.6 Å². The van der Waals surface area contributed by atoms with Gasteiger partial charge in [-0.25, -0.2) is 4.79 Å². The topological polar surface area (TPSA) is 93.5 Å². The summed E-state index contributed by atoms with van der Waals surface area (Å²) in [6, 6.07) is 4.14. The number of urea groups is 1. The molecule has 2 unspecified atom stereocenters. The van der Waals surface area contributed by atoms with E-state index >= 15 is 0 Å². The third kappa shape index (κ3) is 5.24. The van der Waals surface area contributed by atoms with Crippen molar-refractivity contribution in [2.45, 2.75) is 32.9 Å². The minimum absolute atomic E-state index is 0.294. The number of hydrogen-bond donors (Lipinski definition) is 3. The molecular formula is C14H20ClN3O3. The summed E-state index contributed by atoms with van der Waals surface area (Å²) >= 11 is 5.92. The number of rotatable bonds is 5. The second-order valence-corrected chi connectivity index (χ2v) is 5.02. The lowest BCUT2D eigenvalue weighted by Gasteiger charge is -2.18. The van der Waals surface area contributed by atoms with Gasteiger partial charge in [0.2, 0.25) is 0 Å². The van der Waals surface area contributed by atoms with Crippen LogP contribution in [0.4, 0.5) is 4.79 Å². The number of halogens is 1. The lowest BCUT2D eigenvalue weighted by Crippen LogP contribution is -2.45. The highest BCUT2D eigenvalue weighted by atomic mass is 35.5. The van der Waals surface area contributed by atoms with Crippen LogP contribution in [-0.4, -0.2) is 24.6 Å². The molecule has 2 atom stereocenters. The fourth-order valence-corrected chi connectivity index (χ4v) is 1.83. The van der Waals surface area contributed by atoms with Gasteiger partial charge < -0.3 is 15.8 Å². The van der Waals surface area contributed by atoms with Crippen LogP contribution in [0.15, 0.2) is 18.2 Å². The van der Waals surface area contributed by atoms with Crippen LogP contribution in [0, 0.1) is 0 Å². The Hall–Kier alpha value is -1.79. The SMILES string of the molecule is CCNC(=O)NC(=O)C(C)Oc1ccc(Cl)cc1C(C)N. The maximum atomic E-state index is 11.8. The molecule has 0 aliphatic heterocycles. The summed E-state index contributed by atoms with van der Waals surface area (Å²) in [7, 11) is 0. The predicted molar refractivity (Wildman–Crippen MR) is 81.4 cm³/mol. The third-order valence-electron chi connectivity index (χ3n) is 2.71. The number of imide groups is 1. The largest absolute Gasteiger partial charge is 0.481 e. The highest BCUT2D eigenvalue weighted by molar-refractivity contribution is 6.30. The van der Waals surface area contributed by atoms with E-state index in [0.29, 0.717) is 22.9 Å². The van der Waals surface area contributed by atoms with Gasteiger partial charge >= 0.3 is 6.03 Å². The van der Waals surface area contributed by atoms with E-state index in [-0.39, 0.29) is 6.04 Å². The Labute approximate surface area is 129 Å². The van der Waals surface area contributed by atoms with Gasteiger partial charge in [0.15, 0.2) is 6.10 Å². The molecule has 21 heavy (non-hydrogen) atoms. The zero-order valence-corrected chi connectivity index (χ0v) is 13.0. The van der Waals surface area contributed by atoms with Gasteiger partial charge in [0, 0.05) is 23.2 Å². The van der Waals surface area contributed by atoms with E-state index < -0.39 is 18.0 Å². The van der Waals surface area contributed by atoms with Crippen molar-refractivity contribution in [3.8, 4) is 5.75 Å². The molecule has 0 heterocycles. The molecule has 4 N–H and O–H groups in total. The molecule has 3 amide bonds. The molecule has 0 spiro atoms. The quantitative estimate of drug-likeness (QED) is 0.774. The summed E-state index contributed by atoms with van der Waals surface area (Å²) in [4.78, 5) is 23.1. The Balaban J connectivity index is 2.76. The van der Waals surface area contributed by atoms with E-state index in [4.69, 9.17) is 22.1 Å². The molecular weight excluding hydrogens is 294 g/mol. The van der Waals surface area contributed by atoms with Gasteiger partial charge in [-0.3, -0.25) is 10.1 Å². The summed E-state index contributed by atoms with van der Waals surface area (Å²) in [6.07, 6.45) is -0.841. The Morgan fingerprint density at radius 2 is 2.05 bits per heavy atom. The van der Waals surface area contributed by atoms with Gasteiger partial charge in [-0.15, -0.1) is 0 Å². The van der Waals surface area contributed by atoms with Crippen molar-refractivity contribution < 1.29 is 14.3 Å². The van der Waals surface area contributed by atoms with Crippen LogP contribution in [0.3, 0.4) is 0 Å². The van der Waals surface area contributed by atoms with Crippen molar-refractivity contribution in [2.24, 2.45) is 5.73 Å². The van der Waals surface area contributed by atoms with Crippen LogP contribution >= 0.6 is 11.6 Å². The van der Waals surface area contributed by atoms with Crippen LogP contribution in [0.25, 0.3) is 0 Å². The number of carbonyl (C=O) groups excluding carboxylic acids is 2. The highest BCUT2D eigenvalue weighted by Crippen LogP contribution is 2.28. The second-order valence-electron chi connectivity index (χ2n) is 4.58. The fraction of sp³-hybridized carbons (Fsp3) is 0.429. The molecule has 0 saturated carbocycles. The fourth-order valence-electron chi connectivity index (χ4n) is 1.64. The molecule has 1 rings (SSSR count). The van der Waals surface area contributed by atoms with Crippen molar-refractivity contribution in [1.29, 1.82) is 0 Å². The Morgan fingerprint density at radius 1 is 1.38 bits per heavy atom. The standard InChI is InChI=1S/C14H20ClN3O3/c1-4-17-14(20)18-13(19)9(3)21-12-6-5-10(15)7-11(12)8(2)16/h5-9H,4,16H2,1-3H3,(H2,17,18,19,20). The van der Waals surface area contributed by atoms with Crippen molar-refractivity contribution >= 4 is 23.5 Å². The summed E-state index contributed by atoms with van der Waals surface area (Å²) < 4.78 is 5.57. The zero-order valence-electron chi connectivity index (χ0n) is 12.3. The molecule has 0 aromatic heterocycles. The van der Waals surface area contributed by atoms with Gasteiger partial charge in [-0.2, -0.15) is 0 Å². The molecule has 0 aliphatic carbocycles. The first-order valence-corrected chi connectivity index (χ1v) is 7.03. The molecule has 1 aromatic rings. The molecule has 0 radical (unpaired) electrons. The number of ether oxygens (including phenoxy) is 1. The summed E-state index contributed by atoms with van der Waals surface area (Å²) in [5.74, 6) is -0.0699. The van der Waals surface area contributed by atoms with Crippen LogP contribution in [0.2, 0.25) is 5.02 Å². The van der Waals surface area contributed by atoms with Crippen LogP contribution in [0.5, 0.6) is 5.75 Å². The molecule has 0 fully saturated rings. The first kappa shape index (κ1) is 17.3. The van der Waals surface area contributed by atoms with Gasteiger partial charge in [-0.1, -0.05) is 11.6 Å². The smallest absolute Gasteiger partial charge is 0.321 e. The Bertz CT molecular complexity index is 520. The number of hydrogen-bond acceptors (Lipinski definition) is 4. The van der Waals surface area contributed by atoms with Crippen molar-refractivity contribution in [1.82, 2.24) is 10.6 Å². The lowest BCUT2D eigenvalue weighted by molar-refractivity contribution is -0.126. The van der Waals surface area contributed by atoms with Gasteiger partial charge in [-0.05, 0) is 39.0 Å². The predicted octanol–water partition coefficient (Wildman–Crippen LogP) is 1.97. The van der Waals surface area contributed by atoms with Crippen molar-refractivity contribution in [2.75, 3.05) is 6.54 Å². The molecule has 0 saturated heterocycles. The molecule has 116 valence electrons. The van der Waals surface area contributed by atoms with Gasteiger partial charge in [0.25, 0.3) is 5.91 Å².